The van der Waals surface area contributed by atoms with E-state index in [0.717, 1.165) is 27.4 Å². The van der Waals surface area contributed by atoms with Crippen molar-refractivity contribution in [3.8, 4) is 0 Å². The molecule has 0 radical (unpaired) electrons. The number of aromatic nitrogens is 4. The molecule has 0 saturated carbocycles. The van der Waals surface area contributed by atoms with E-state index in [0.29, 0.717) is 22.7 Å². The second-order valence-corrected chi connectivity index (χ2v) is 10.1. The molecule has 170 valence electrons. The van der Waals surface area contributed by atoms with Gasteiger partial charge < -0.3 is 15.2 Å². The van der Waals surface area contributed by atoms with Gasteiger partial charge in [0.1, 0.15) is 5.82 Å². The topological polar surface area (TPSA) is 102 Å². The number of carbonyl (C=O) groups is 2. The third-order valence-electron chi connectivity index (χ3n) is 4.99. The van der Waals surface area contributed by atoms with Gasteiger partial charge in [-0.25, -0.2) is 4.98 Å². The van der Waals surface area contributed by atoms with E-state index in [4.69, 9.17) is 0 Å². The standard InChI is InChI=1S/C22H28N6O2S2/c1-7-28-18(11-19(29)24-17-9-8-12(2)10-13(17)3)26-27-22(28)32-16(6)20(30)25-21-23-14(4)15(5)31-21/h8-10,16H,7,11H2,1-6H3,(H,24,29)(H,23,25,30). The normalized spacial score (nSPS) is 11.9. The van der Waals surface area contributed by atoms with Crippen LogP contribution in [0.15, 0.2) is 23.4 Å². The highest BCUT2D eigenvalue weighted by atomic mass is 32.2. The summed E-state index contributed by atoms with van der Waals surface area (Å²) in [6.45, 7) is 12.2. The predicted molar refractivity (Wildman–Crippen MR) is 129 cm³/mol. The van der Waals surface area contributed by atoms with Crippen LogP contribution in [-0.2, 0) is 22.6 Å². The summed E-state index contributed by atoms with van der Waals surface area (Å²) in [5, 5.41) is 15.0. The summed E-state index contributed by atoms with van der Waals surface area (Å²) in [6, 6.07) is 5.90. The number of benzene rings is 1. The van der Waals surface area contributed by atoms with E-state index in [1.807, 2.05) is 64.3 Å². The number of thioether (sulfide) groups is 1. The van der Waals surface area contributed by atoms with Crippen molar-refractivity contribution in [1.29, 1.82) is 0 Å². The van der Waals surface area contributed by atoms with E-state index in [2.05, 4.69) is 25.8 Å². The molecule has 1 unspecified atom stereocenters. The SMILES string of the molecule is CCn1c(CC(=O)Nc2ccc(C)cc2C)nnc1SC(C)C(=O)Nc1nc(C)c(C)s1. The van der Waals surface area contributed by atoms with Gasteiger partial charge in [-0.3, -0.25) is 9.59 Å². The zero-order chi connectivity index (χ0) is 23.4. The molecule has 0 spiro atoms. The van der Waals surface area contributed by atoms with Crippen molar-refractivity contribution in [1.82, 2.24) is 19.7 Å². The van der Waals surface area contributed by atoms with Gasteiger partial charge >= 0.3 is 0 Å². The third-order valence-corrected chi connectivity index (χ3v) is 7.06. The molecular weight excluding hydrogens is 444 g/mol. The summed E-state index contributed by atoms with van der Waals surface area (Å²) in [4.78, 5) is 30.6. The molecule has 2 N–H and O–H groups in total. The molecule has 0 aliphatic rings. The molecule has 0 fully saturated rings. The lowest BCUT2D eigenvalue weighted by Gasteiger charge is -2.12. The second kappa shape index (κ2) is 10.3. The van der Waals surface area contributed by atoms with Crippen LogP contribution in [0.25, 0.3) is 0 Å². The van der Waals surface area contributed by atoms with Crippen molar-refractivity contribution < 1.29 is 9.59 Å². The Balaban J connectivity index is 1.64. The van der Waals surface area contributed by atoms with Crippen molar-refractivity contribution in [2.24, 2.45) is 0 Å². The van der Waals surface area contributed by atoms with Gasteiger partial charge in [-0.1, -0.05) is 29.5 Å². The molecule has 0 saturated heterocycles. The molecule has 8 nitrogen and oxygen atoms in total. The number of nitrogens with one attached hydrogen (secondary N) is 2. The molecule has 1 aromatic carbocycles. The van der Waals surface area contributed by atoms with Crippen LogP contribution in [0, 0.1) is 27.7 Å². The Bertz CT molecular complexity index is 1120. The summed E-state index contributed by atoms with van der Waals surface area (Å²) in [6.07, 6.45) is 0.104. The van der Waals surface area contributed by atoms with Crippen molar-refractivity contribution >= 4 is 45.7 Å². The minimum atomic E-state index is -0.397. The Morgan fingerprint density at radius 3 is 2.53 bits per heavy atom. The van der Waals surface area contributed by atoms with Crippen LogP contribution < -0.4 is 10.6 Å². The van der Waals surface area contributed by atoms with Gasteiger partial charge in [-0.2, -0.15) is 0 Å². The largest absolute Gasteiger partial charge is 0.325 e. The van der Waals surface area contributed by atoms with Crippen LogP contribution in [-0.4, -0.2) is 36.8 Å². The van der Waals surface area contributed by atoms with Crippen molar-refractivity contribution in [3.63, 3.8) is 0 Å². The summed E-state index contributed by atoms with van der Waals surface area (Å²) in [5.41, 5.74) is 3.86. The minimum absolute atomic E-state index is 0.104. The lowest BCUT2D eigenvalue weighted by Crippen LogP contribution is -2.23. The van der Waals surface area contributed by atoms with Crippen LogP contribution in [0.3, 0.4) is 0 Å². The molecular formula is C22H28N6O2S2. The Morgan fingerprint density at radius 2 is 1.91 bits per heavy atom. The van der Waals surface area contributed by atoms with Gasteiger partial charge in [0, 0.05) is 17.1 Å². The molecule has 1 atom stereocenters. The Morgan fingerprint density at radius 1 is 1.16 bits per heavy atom. The molecule has 3 rings (SSSR count). The summed E-state index contributed by atoms with van der Waals surface area (Å²) in [5.74, 6) is 0.260. The van der Waals surface area contributed by atoms with Crippen molar-refractivity contribution in [2.75, 3.05) is 10.6 Å². The molecule has 2 heterocycles. The number of rotatable bonds is 8. The van der Waals surface area contributed by atoms with E-state index in [1.54, 1.807) is 0 Å². The van der Waals surface area contributed by atoms with Crippen molar-refractivity contribution in [3.05, 3.63) is 45.7 Å². The van der Waals surface area contributed by atoms with Gasteiger partial charge in [0.25, 0.3) is 0 Å². The fraction of sp³-hybridized carbons (Fsp3) is 0.409. The maximum absolute atomic E-state index is 12.6. The number of amides is 2. The first-order valence-corrected chi connectivity index (χ1v) is 12.1. The number of hydrogen-bond donors (Lipinski definition) is 2. The highest BCUT2D eigenvalue weighted by Crippen LogP contribution is 2.26. The van der Waals surface area contributed by atoms with E-state index < -0.39 is 5.25 Å². The van der Waals surface area contributed by atoms with E-state index in [1.165, 1.54) is 23.1 Å². The van der Waals surface area contributed by atoms with Crippen LogP contribution in [0.1, 0.15) is 41.4 Å². The highest BCUT2D eigenvalue weighted by molar-refractivity contribution is 8.00. The Labute approximate surface area is 196 Å². The zero-order valence-corrected chi connectivity index (χ0v) is 20.8. The van der Waals surface area contributed by atoms with Gasteiger partial charge in [-0.05, 0) is 53.2 Å². The second-order valence-electron chi connectivity index (χ2n) is 7.60. The van der Waals surface area contributed by atoms with Crippen LogP contribution >= 0.6 is 23.1 Å². The van der Waals surface area contributed by atoms with Gasteiger partial charge in [0.05, 0.1) is 17.4 Å². The maximum Gasteiger partial charge on any atom is 0.239 e. The first kappa shape index (κ1) is 23.9. The van der Waals surface area contributed by atoms with Crippen LogP contribution in [0.4, 0.5) is 10.8 Å². The molecule has 2 amide bonds. The van der Waals surface area contributed by atoms with Gasteiger partial charge in [-0.15, -0.1) is 21.5 Å². The van der Waals surface area contributed by atoms with Gasteiger partial charge in [0.2, 0.25) is 11.8 Å². The molecule has 0 bridgehead atoms. The summed E-state index contributed by atoms with van der Waals surface area (Å²) in [7, 11) is 0. The van der Waals surface area contributed by atoms with Crippen LogP contribution in [0.2, 0.25) is 0 Å². The third kappa shape index (κ3) is 5.74. The van der Waals surface area contributed by atoms with E-state index in [-0.39, 0.29) is 18.2 Å². The van der Waals surface area contributed by atoms with Crippen LogP contribution in [0.5, 0.6) is 0 Å². The van der Waals surface area contributed by atoms with E-state index in [9.17, 15) is 9.59 Å². The fourth-order valence-electron chi connectivity index (χ4n) is 3.09. The number of carbonyl (C=O) groups excluding carboxylic acids is 2. The molecule has 2 aromatic heterocycles. The number of anilines is 2. The predicted octanol–water partition coefficient (Wildman–Crippen LogP) is 4.29. The molecule has 32 heavy (non-hydrogen) atoms. The molecule has 10 heteroatoms. The number of aryl methyl sites for hydroxylation is 4. The maximum atomic E-state index is 12.6. The number of thiazole rings is 1. The fourth-order valence-corrected chi connectivity index (χ4v) is 4.84. The van der Waals surface area contributed by atoms with Gasteiger partial charge in [0.15, 0.2) is 10.3 Å². The van der Waals surface area contributed by atoms with Crippen molar-refractivity contribution in [2.45, 2.75) is 64.9 Å². The Hall–Kier alpha value is -2.72. The highest BCUT2D eigenvalue weighted by Gasteiger charge is 2.22. The summed E-state index contributed by atoms with van der Waals surface area (Å²) >= 11 is 2.77. The van der Waals surface area contributed by atoms with E-state index >= 15 is 0 Å². The lowest BCUT2D eigenvalue weighted by molar-refractivity contribution is -0.116. The lowest BCUT2D eigenvalue weighted by atomic mass is 10.1. The minimum Gasteiger partial charge on any atom is -0.325 e. The quantitative estimate of drug-likeness (QED) is 0.474. The monoisotopic (exact) mass is 472 g/mol. The average Bonchev–Trinajstić information content (AvgIpc) is 3.25. The smallest absolute Gasteiger partial charge is 0.239 e. The molecule has 0 aliphatic carbocycles. The molecule has 0 aliphatic heterocycles. The Kier molecular flexibility index (Phi) is 7.68. The number of hydrogen-bond acceptors (Lipinski definition) is 7. The summed E-state index contributed by atoms with van der Waals surface area (Å²) < 4.78 is 1.87. The number of nitrogens with zero attached hydrogens (tertiary/aromatic N) is 4. The average molecular weight is 473 g/mol. The first-order valence-electron chi connectivity index (χ1n) is 10.4. The first-order chi connectivity index (χ1) is 15.2. The zero-order valence-electron chi connectivity index (χ0n) is 19.1. The molecule has 3 aromatic rings.